The molecule has 1 aliphatic carbocycles. The van der Waals surface area contributed by atoms with Gasteiger partial charge in [-0.1, -0.05) is 201 Å². The van der Waals surface area contributed by atoms with Gasteiger partial charge in [0.15, 0.2) is 0 Å². The molecule has 0 spiro atoms. The lowest BCUT2D eigenvalue weighted by Crippen LogP contribution is -2.61. The quantitative estimate of drug-likeness (QED) is 0.165. The summed E-state index contributed by atoms with van der Waals surface area (Å²) in [7, 11) is 0. The highest BCUT2D eigenvalue weighted by Crippen LogP contribution is 2.53. The first kappa shape index (κ1) is 52.0. The highest BCUT2D eigenvalue weighted by atomic mass is 16.3. The summed E-state index contributed by atoms with van der Waals surface area (Å²) in [5.74, 6) is 0. The van der Waals surface area contributed by atoms with Crippen LogP contribution in [-0.4, -0.2) is 6.71 Å². The maximum atomic E-state index is 7.54. The van der Waals surface area contributed by atoms with Gasteiger partial charge in [-0.3, -0.25) is 0 Å². The molecule has 1 aromatic heterocycles. The van der Waals surface area contributed by atoms with Crippen molar-refractivity contribution in [3.63, 3.8) is 0 Å². The number of hydrogen-bond acceptors (Lipinski definition) is 3. The molecule has 3 aliphatic rings. The Balaban J connectivity index is 1.38. The van der Waals surface area contributed by atoms with E-state index in [-0.39, 0.29) is 50.0 Å². The summed E-state index contributed by atoms with van der Waals surface area (Å²) in [4.78, 5) is 5.30. The summed E-state index contributed by atoms with van der Waals surface area (Å²) in [6.07, 6.45) is 2.32. The van der Waals surface area contributed by atoms with Crippen LogP contribution in [0.1, 0.15) is 210 Å². The van der Waals surface area contributed by atoms with Crippen LogP contribution in [0.15, 0.2) is 108 Å². The predicted molar refractivity (Wildman–Crippen MR) is 323 cm³/mol. The van der Waals surface area contributed by atoms with E-state index < -0.39 is 0 Å². The lowest BCUT2D eigenvalue weighted by Gasteiger charge is -2.45. The van der Waals surface area contributed by atoms with Crippen LogP contribution in [0, 0.1) is 0 Å². The molecule has 0 N–H and O–H groups in total. The Kier molecular flexibility index (Phi) is 11.6. The highest BCUT2D eigenvalue weighted by Gasteiger charge is 2.49. The van der Waals surface area contributed by atoms with E-state index in [1.807, 2.05) is 0 Å². The molecular formula is C70H87BN2O. The minimum absolute atomic E-state index is 0.0262. The second-order valence-corrected chi connectivity index (χ2v) is 30.4. The molecule has 3 heterocycles. The predicted octanol–water partition coefficient (Wildman–Crippen LogP) is 18.3. The smallest absolute Gasteiger partial charge is 0.297 e. The average Bonchev–Trinajstić information content (AvgIpc) is 3.66. The molecule has 0 bridgehead atoms. The number of benzene rings is 6. The van der Waals surface area contributed by atoms with Crippen molar-refractivity contribution in [2.24, 2.45) is 0 Å². The molecule has 7 aromatic rings. The van der Waals surface area contributed by atoms with Crippen molar-refractivity contribution in [2.75, 3.05) is 9.80 Å². The Morgan fingerprint density at radius 3 is 1.45 bits per heavy atom. The molecule has 0 fully saturated rings. The van der Waals surface area contributed by atoms with Gasteiger partial charge < -0.3 is 14.2 Å². The molecule has 386 valence electrons. The van der Waals surface area contributed by atoms with E-state index in [4.69, 9.17) is 4.42 Å². The van der Waals surface area contributed by atoms with Crippen LogP contribution in [0.25, 0.3) is 22.1 Å². The van der Waals surface area contributed by atoms with Crippen molar-refractivity contribution < 1.29 is 4.42 Å². The molecule has 10 rings (SSSR count). The zero-order valence-electron chi connectivity index (χ0n) is 49.6. The Hall–Kier alpha value is -5.48. The Labute approximate surface area is 447 Å². The van der Waals surface area contributed by atoms with E-state index in [0.29, 0.717) is 0 Å². The monoisotopic (exact) mass is 983 g/mol. The molecule has 6 aromatic carbocycles. The van der Waals surface area contributed by atoms with Gasteiger partial charge in [0, 0.05) is 33.7 Å². The van der Waals surface area contributed by atoms with E-state index in [0.717, 1.165) is 23.4 Å². The molecule has 0 saturated carbocycles. The van der Waals surface area contributed by atoms with E-state index in [1.54, 1.807) is 0 Å². The number of furan rings is 1. The van der Waals surface area contributed by atoms with Gasteiger partial charge in [0.25, 0.3) is 6.71 Å². The molecule has 3 nitrogen and oxygen atoms in total. The van der Waals surface area contributed by atoms with Gasteiger partial charge in [-0.05, 0) is 172 Å². The van der Waals surface area contributed by atoms with Crippen LogP contribution in [0.2, 0.25) is 0 Å². The lowest BCUT2D eigenvalue weighted by atomic mass is 9.35. The molecule has 0 atom stereocenters. The number of nitrogens with zero attached hydrogens (tertiary/aromatic N) is 2. The maximum absolute atomic E-state index is 7.54. The summed E-state index contributed by atoms with van der Waals surface area (Å²) in [5, 5.41) is 1.17. The van der Waals surface area contributed by atoms with Crippen LogP contribution in [-0.2, 0) is 43.3 Å². The number of hydrogen-bond donors (Lipinski definition) is 0. The van der Waals surface area contributed by atoms with Gasteiger partial charge in [0.05, 0.1) is 17.0 Å². The summed E-state index contributed by atoms with van der Waals surface area (Å²) in [5.41, 5.74) is 24.8. The number of anilines is 6. The summed E-state index contributed by atoms with van der Waals surface area (Å²) < 4.78 is 7.54. The third kappa shape index (κ3) is 8.67. The van der Waals surface area contributed by atoms with E-state index in [2.05, 4.69) is 265 Å². The Bertz CT molecular complexity index is 3370. The second-order valence-electron chi connectivity index (χ2n) is 30.4. The van der Waals surface area contributed by atoms with Crippen molar-refractivity contribution in [3.8, 4) is 11.1 Å². The van der Waals surface area contributed by atoms with Crippen molar-refractivity contribution in [2.45, 2.75) is 208 Å². The molecule has 0 unspecified atom stereocenters. The standard InChI is InChI=1S/C70H87BN2O/c1-63(2,3)43-23-28-55(50(36-43)42-33-46(66(10,11)12)35-47(34-42)67(13,14)15)73-56-29-24-45(65(7,8)9)38-54(56)71-60-57(39-48(40-58(60)73)68(16,17)18)72(49-26-27-52-53(41-49)70(21,22)32-31-69(52,19)20)61-51-37-44(64(4,5)6)25-30-59(51)74-62(61)71/h23-30,33-41H,31-32H2,1-22H3. The third-order valence-corrected chi connectivity index (χ3v) is 17.4. The zero-order chi connectivity index (χ0) is 54.0. The number of rotatable bonds is 3. The van der Waals surface area contributed by atoms with Crippen LogP contribution in [0.3, 0.4) is 0 Å². The second kappa shape index (κ2) is 16.5. The SMILES string of the molecule is CC(C)(C)c1cc(-c2cc(C(C)(C)C)ccc2N2c3ccc(C(C)(C)C)cc3B3c4oc5ccc(C(C)(C)C)cc5c4N(c4ccc5c(c4)C(C)(C)CCC5(C)C)c4cc(C(C)(C)C)cc2c43)cc(C(C)(C)C)c1. The fourth-order valence-electron chi connectivity index (χ4n) is 12.2. The Morgan fingerprint density at radius 1 is 0.419 bits per heavy atom. The van der Waals surface area contributed by atoms with Crippen LogP contribution < -0.4 is 26.4 Å². The summed E-state index contributed by atoms with van der Waals surface area (Å²) >= 11 is 0. The van der Waals surface area contributed by atoms with Crippen molar-refractivity contribution in [1.82, 2.24) is 0 Å². The first-order valence-electron chi connectivity index (χ1n) is 27.9. The number of fused-ring (bicyclic) bond motifs is 7. The molecule has 0 radical (unpaired) electrons. The van der Waals surface area contributed by atoms with Gasteiger partial charge >= 0.3 is 0 Å². The molecular weight excluding hydrogens is 896 g/mol. The summed E-state index contributed by atoms with van der Waals surface area (Å²) in [6.45, 7) is 52.0. The van der Waals surface area contributed by atoms with E-state index in [1.165, 1.54) is 107 Å². The van der Waals surface area contributed by atoms with Crippen LogP contribution in [0.4, 0.5) is 34.1 Å². The first-order chi connectivity index (χ1) is 33.9. The summed E-state index contributed by atoms with van der Waals surface area (Å²) in [6, 6.07) is 41.7. The topological polar surface area (TPSA) is 19.6 Å². The minimum Gasteiger partial charge on any atom is -0.468 e. The Morgan fingerprint density at radius 2 is 0.892 bits per heavy atom. The van der Waals surface area contributed by atoms with E-state index in [9.17, 15) is 0 Å². The van der Waals surface area contributed by atoms with Crippen molar-refractivity contribution in [3.05, 3.63) is 148 Å². The maximum Gasteiger partial charge on any atom is 0.297 e. The highest BCUT2D eigenvalue weighted by molar-refractivity contribution is 7.00. The zero-order valence-corrected chi connectivity index (χ0v) is 49.6. The van der Waals surface area contributed by atoms with Gasteiger partial charge in [0.1, 0.15) is 5.58 Å². The normalized spacial score (nSPS) is 16.5. The van der Waals surface area contributed by atoms with Crippen molar-refractivity contribution in [1.29, 1.82) is 0 Å². The minimum atomic E-state index is -0.170. The lowest BCUT2D eigenvalue weighted by molar-refractivity contribution is 0.332. The van der Waals surface area contributed by atoms with Gasteiger partial charge in [0.2, 0.25) is 0 Å². The molecule has 0 saturated heterocycles. The fourth-order valence-corrected chi connectivity index (χ4v) is 12.2. The van der Waals surface area contributed by atoms with Gasteiger partial charge in [-0.2, -0.15) is 0 Å². The third-order valence-electron chi connectivity index (χ3n) is 17.4. The molecule has 4 heteroatoms. The molecule has 2 aliphatic heterocycles. The fraction of sp³-hybridized carbons (Fsp3) is 0.457. The van der Waals surface area contributed by atoms with Crippen molar-refractivity contribution >= 4 is 68.4 Å². The molecule has 74 heavy (non-hydrogen) atoms. The van der Waals surface area contributed by atoms with E-state index >= 15 is 0 Å². The van der Waals surface area contributed by atoms with Gasteiger partial charge in [-0.15, -0.1) is 0 Å². The van der Waals surface area contributed by atoms with Gasteiger partial charge in [-0.25, -0.2) is 0 Å². The largest absolute Gasteiger partial charge is 0.468 e. The first-order valence-corrected chi connectivity index (χ1v) is 27.9. The average molecular weight is 983 g/mol. The molecule has 0 amide bonds. The van der Waals surface area contributed by atoms with Crippen LogP contribution >= 0.6 is 0 Å². The van der Waals surface area contributed by atoms with Crippen LogP contribution in [0.5, 0.6) is 0 Å².